The lowest BCUT2D eigenvalue weighted by molar-refractivity contribution is 0.0691. The number of carboxylic acid groups (broad SMARTS) is 1. The lowest BCUT2D eigenvalue weighted by Crippen LogP contribution is -2.02. The number of aromatic carboxylic acids is 1. The molecule has 0 aliphatic heterocycles. The van der Waals surface area contributed by atoms with E-state index in [1.807, 2.05) is 13.0 Å². The Bertz CT molecular complexity index is 604. The highest BCUT2D eigenvalue weighted by molar-refractivity contribution is 5.90. The minimum Gasteiger partial charge on any atom is -0.496 e. The first-order chi connectivity index (χ1) is 8.52. The van der Waals surface area contributed by atoms with Crippen molar-refractivity contribution in [2.45, 2.75) is 6.92 Å². The summed E-state index contributed by atoms with van der Waals surface area (Å²) in [5.74, 6) is -1.79. The van der Waals surface area contributed by atoms with Gasteiger partial charge in [0, 0.05) is 17.0 Å². The largest absolute Gasteiger partial charge is 0.496 e. The van der Waals surface area contributed by atoms with E-state index in [1.165, 1.54) is 13.2 Å². The highest BCUT2D eigenvalue weighted by atomic mass is 19.1. The molecule has 1 aromatic heterocycles. The number of ether oxygens (including phenoxy) is 1. The van der Waals surface area contributed by atoms with Gasteiger partial charge in [0.2, 0.25) is 0 Å². The molecule has 0 unspecified atom stereocenters. The van der Waals surface area contributed by atoms with Crippen molar-refractivity contribution in [3.63, 3.8) is 0 Å². The maximum Gasteiger partial charge on any atom is 0.338 e. The Morgan fingerprint density at radius 3 is 2.61 bits per heavy atom. The fourth-order valence-corrected chi connectivity index (χ4v) is 1.76. The highest BCUT2D eigenvalue weighted by Crippen LogP contribution is 2.31. The minimum absolute atomic E-state index is 0.315. The van der Waals surface area contributed by atoms with Crippen LogP contribution in [0.3, 0.4) is 0 Å². The van der Waals surface area contributed by atoms with Gasteiger partial charge in [-0.25, -0.2) is 9.18 Å². The van der Waals surface area contributed by atoms with E-state index in [1.54, 1.807) is 6.07 Å². The molecule has 0 spiro atoms. The molecule has 2 aromatic rings. The molecule has 1 aromatic carbocycles. The number of H-pyrrole nitrogens is 1. The quantitative estimate of drug-likeness (QED) is 0.879. The second-order valence-electron chi connectivity index (χ2n) is 3.89. The van der Waals surface area contributed by atoms with Crippen LogP contribution in [-0.4, -0.2) is 23.2 Å². The van der Waals surface area contributed by atoms with Gasteiger partial charge in [0.05, 0.1) is 12.7 Å². The predicted octanol–water partition coefficient (Wildman–Crippen LogP) is 2.84. The van der Waals surface area contributed by atoms with Gasteiger partial charge < -0.3 is 14.8 Å². The van der Waals surface area contributed by atoms with E-state index in [4.69, 9.17) is 9.84 Å². The summed E-state index contributed by atoms with van der Waals surface area (Å²) in [5.41, 5.74) is 1.70. The molecule has 4 nitrogen and oxygen atoms in total. The van der Waals surface area contributed by atoms with Crippen LogP contribution in [0.25, 0.3) is 11.3 Å². The first-order valence-corrected chi connectivity index (χ1v) is 5.29. The fraction of sp³-hybridized carbons (Fsp3) is 0.154. The molecule has 0 saturated heterocycles. The van der Waals surface area contributed by atoms with Gasteiger partial charge in [-0.3, -0.25) is 0 Å². The normalized spacial score (nSPS) is 10.4. The van der Waals surface area contributed by atoms with Gasteiger partial charge in [0.15, 0.2) is 0 Å². The number of carboxylic acids is 1. The van der Waals surface area contributed by atoms with Crippen molar-refractivity contribution in [1.29, 1.82) is 0 Å². The molecule has 0 atom stereocenters. The van der Waals surface area contributed by atoms with Gasteiger partial charge in [-0.2, -0.15) is 0 Å². The SMILES string of the molecule is COc1cc(C(=O)O)c(F)cc1-c1ccc(C)[nH]1. The van der Waals surface area contributed by atoms with Crippen LogP contribution in [0, 0.1) is 12.7 Å². The molecule has 0 radical (unpaired) electrons. The fourth-order valence-electron chi connectivity index (χ4n) is 1.76. The number of aromatic amines is 1. The first kappa shape index (κ1) is 12.2. The van der Waals surface area contributed by atoms with Gasteiger partial charge in [0.25, 0.3) is 0 Å². The average Bonchev–Trinajstić information content (AvgIpc) is 2.75. The molecule has 0 amide bonds. The molecule has 5 heteroatoms. The molecule has 0 aliphatic carbocycles. The molecular formula is C13H12FNO3. The molecule has 2 rings (SSSR count). The topological polar surface area (TPSA) is 62.3 Å². The summed E-state index contributed by atoms with van der Waals surface area (Å²) in [5, 5.41) is 8.85. The number of benzene rings is 1. The summed E-state index contributed by atoms with van der Waals surface area (Å²) in [7, 11) is 1.41. The van der Waals surface area contributed by atoms with E-state index >= 15 is 0 Å². The van der Waals surface area contributed by atoms with Crippen molar-refractivity contribution in [3.05, 3.63) is 41.3 Å². The first-order valence-electron chi connectivity index (χ1n) is 5.29. The number of hydrogen-bond donors (Lipinski definition) is 2. The van der Waals surface area contributed by atoms with Crippen molar-refractivity contribution in [3.8, 4) is 17.0 Å². The Balaban J connectivity index is 2.61. The maximum atomic E-state index is 13.7. The summed E-state index contributed by atoms with van der Waals surface area (Å²) in [4.78, 5) is 13.9. The summed E-state index contributed by atoms with van der Waals surface area (Å²) >= 11 is 0. The number of aryl methyl sites for hydroxylation is 1. The monoisotopic (exact) mass is 249 g/mol. The van der Waals surface area contributed by atoms with Gasteiger partial charge >= 0.3 is 5.97 Å². The smallest absolute Gasteiger partial charge is 0.338 e. The summed E-state index contributed by atoms with van der Waals surface area (Å²) in [6, 6.07) is 5.97. The van der Waals surface area contributed by atoms with Crippen molar-refractivity contribution in [1.82, 2.24) is 4.98 Å². The number of halogens is 1. The van der Waals surface area contributed by atoms with Crippen LogP contribution >= 0.6 is 0 Å². The van der Waals surface area contributed by atoms with Crippen LogP contribution in [0.2, 0.25) is 0 Å². The van der Waals surface area contributed by atoms with E-state index in [0.717, 1.165) is 11.8 Å². The standard InChI is InChI=1S/C13H12FNO3/c1-7-3-4-11(15-7)9-5-10(14)8(13(16)17)6-12(9)18-2/h3-6,15H,1-2H3,(H,16,17). The van der Waals surface area contributed by atoms with E-state index in [-0.39, 0.29) is 0 Å². The Morgan fingerprint density at radius 1 is 1.39 bits per heavy atom. The summed E-state index contributed by atoms with van der Waals surface area (Å²) in [6.07, 6.45) is 0. The van der Waals surface area contributed by atoms with E-state index in [0.29, 0.717) is 17.0 Å². The zero-order valence-corrected chi connectivity index (χ0v) is 9.95. The maximum absolute atomic E-state index is 13.7. The van der Waals surface area contributed by atoms with E-state index in [9.17, 15) is 9.18 Å². The molecule has 0 aliphatic rings. The molecule has 2 N–H and O–H groups in total. The lowest BCUT2D eigenvalue weighted by Gasteiger charge is -2.09. The number of aromatic nitrogens is 1. The number of carbonyl (C=O) groups is 1. The lowest BCUT2D eigenvalue weighted by atomic mass is 10.1. The van der Waals surface area contributed by atoms with Gasteiger partial charge in [0.1, 0.15) is 11.6 Å². The number of hydrogen-bond acceptors (Lipinski definition) is 2. The molecule has 0 fully saturated rings. The predicted molar refractivity (Wildman–Crippen MR) is 64.4 cm³/mol. The van der Waals surface area contributed by atoms with Crippen LogP contribution in [-0.2, 0) is 0 Å². The Kier molecular flexibility index (Phi) is 3.06. The van der Waals surface area contributed by atoms with Gasteiger partial charge in [-0.15, -0.1) is 0 Å². The van der Waals surface area contributed by atoms with Gasteiger partial charge in [-0.05, 0) is 31.2 Å². The zero-order chi connectivity index (χ0) is 13.3. The van der Waals surface area contributed by atoms with Crippen LogP contribution < -0.4 is 4.74 Å². The van der Waals surface area contributed by atoms with Crippen LogP contribution in [0.5, 0.6) is 5.75 Å². The second kappa shape index (κ2) is 4.52. The summed E-state index contributed by atoms with van der Waals surface area (Å²) in [6.45, 7) is 1.87. The Hall–Kier alpha value is -2.30. The van der Waals surface area contributed by atoms with E-state index in [2.05, 4.69) is 4.98 Å². The van der Waals surface area contributed by atoms with Crippen LogP contribution in [0.15, 0.2) is 24.3 Å². The summed E-state index contributed by atoms with van der Waals surface area (Å²) < 4.78 is 18.8. The van der Waals surface area contributed by atoms with Crippen molar-refractivity contribution < 1.29 is 19.0 Å². The molecule has 1 heterocycles. The highest BCUT2D eigenvalue weighted by Gasteiger charge is 2.17. The molecular weight excluding hydrogens is 237 g/mol. The average molecular weight is 249 g/mol. The van der Waals surface area contributed by atoms with Crippen LogP contribution in [0.4, 0.5) is 4.39 Å². The van der Waals surface area contributed by atoms with Crippen molar-refractivity contribution >= 4 is 5.97 Å². The minimum atomic E-state index is -1.32. The Labute approximate surface area is 103 Å². The molecule has 0 bridgehead atoms. The van der Waals surface area contributed by atoms with Crippen LogP contribution in [0.1, 0.15) is 16.1 Å². The number of nitrogens with one attached hydrogen (secondary N) is 1. The third kappa shape index (κ3) is 2.07. The van der Waals surface area contributed by atoms with Gasteiger partial charge in [-0.1, -0.05) is 0 Å². The van der Waals surface area contributed by atoms with E-state index < -0.39 is 17.3 Å². The Morgan fingerprint density at radius 2 is 2.11 bits per heavy atom. The van der Waals surface area contributed by atoms with Crippen molar-refractivity contribution in [2.75, 3.05) is 7.11 Å². The van der Waals surface area contributed by atoms with Crippen molar-refractivity contribution in [2.24, 2.45) is 0 Å². The molecule has 0 saturated carbocycles. The molecule has 18 heavy (non-hydrogen) atoms. The molecule has 94 valence electrons. The second-order valence-corrected chi connectivity index (χ2v) is 3.89. The number of rotatable bonds is 3. The number of methoxy groups -OCH3 is 1. The zero-order valence-electron chi connectivity index (χ0n) is 9.95. The third-order valence-corrected chi connectivity index (χ3v) is 2.64. The third-order valence-electron chi connectivity index (χ3n) is 2.64.